The second-order valence-electron chi connectivity index (χ2n) is 8.88. The molecule has 8 nitrogen and oxygen atoms in total. The number of sulfonamides is 1. The third kappa shape index (κ3) is 3.16. The molecule has 160 valence electrons. The van der Waals surface area contributed by atoms with Crippen LogP contribution in [0.2, 0.25) is 0 Å². The van der Waals surface area contributed by atoms with E-state index in [1.807, 2.05) is 25.4 Å². The van der Waals surface area contributed by atoms with E-state index in [1.54, 1.807) is 16.1 Å². The zero-order valence-corrected chi connectivity index (χ0v) is 18.2. The van der Waals surface area contributed by atoms with E-state index in [0.717, 1.165) is 48.6 Å². The topological polar surface area (TPSA) is 89.6 Å². The van der Waals surface area contributed by atoms with Crippen molar-refractivity contribution in [3.05, 3.63) is 35.5 Å². The van der Waals surface area contributed by atoms with Crippen LogP contribution in [-0.4, -0.2) is 72.7 Å². The SMILES string of the molecule is CCS(=O)(=O)N1CC2(CN(Cc3cn[nH]c3-c3ccc4c(c3)CCC(=O)N4C)C2)C1. The van der Waals surface area contributed by atoms with Gasteiger partial charge in [-0.15, -0.1) is 0 Å². The second kappa shape index (κ2) is 6.90. The minimum Gasteiger partial charge on any atom is -0.315 e. The van der Waals surface area contributed by atoms with Crippen LogP contribution >= 0.6 is 0 Å². The molecule has 30 heavy (non-hydrogen) atoms. The van der Waals surface area contributed by atoms with Crippen molar-refractivity contribution in [2.24, 2.45) is 5.41 Å². The number of aromatic amines is 1. The average molecular weight is 430 g/mol. The molecule has 0 saturated carbocycles. The fourth-order valence-corrected chi connectivity index (χ4v) is 6.34. The number of aromatic nitrogens is 2. The van der Waals surface area contributed by atoms with Crippen LogP contribution in [0, 0.1) is 5.41 Å². The van der Waals surface area contributed by atoms with Crippen molar-refractivity contribution in [3.63, 3.8) is 0 Å². The van der Waals surface area contributed by atoms with Gasteiger partial charge in [-0.3, -0.25) is 14.8 Å². The second-order valence-corrected chi connectivity index (χ2v) is 11.1. The summed E-state index contributed by atoms with van der Waals surface area (Å²) in [6.07, 6.45) is 3.19. The van der Waals surface area contributed by atoms with Crippen LogP contribution < -0.4 is 4.90 Å². The number of nitrogens with one attached hydrogen (secondary N) is 1. The Labute approximate surface area is 176 Å². The molecule has 0 bridgehead atoms. The summed E-state index contributed by atoms with van der Waals surface area (Å²) in [5.41, 5.74) is 5.55. The number of benzene rings is 1. The van der Waals surface area contributed by atoms with Crippen molar-refractivity contribution in [2.45, 2.75) is 26.3 Å². The Kier molecular flexibility index (Phi) is 4.53. The monoisotopic (exact) mass is 429 g/mol. The third-order valence-electron chi connectivity index (χ3n) is 6.72. The van der Waals surface area contributed by atoms with Crippen molar-refractivity contribution in [1.82, 2.24) is 19.4 Å². The largest absolute Gasteiger partial charge is 0.315 e. The van der Waals surface area contributed by atoms with Gasteiger partial charge in [-0.25, -0.2) is 12.7 Å². The normalized spacial score (nSPS) is 21.4. The van der Waals surface area contributed by atoms with E-state index in [-0.39, 0.29) is 17.1 Å². The van der Waals surface area contributed by atoms with E-state index >= 15 is 0 Å². The molecular weight excluding hydrogens is 402 g/mol. The fourth-order valence-electron chi connectivity index (χ4n) is 5.03. The molecule has 1 N–H and O–H groups in total. The summed E-state index contributed by atoms with van der Waals surface area (Å²) in [4.78, 5) is 16.0. The van der Waals surface area contributed by atoms with E-state index in [4.69, 9.17) is 0 Å². The third-order valence-corrected chi connectivity index (χ3v) is 8.50. The lowest BCUT2D eigenvalue weighted by Crippen LogP contribution is -2.72. The molecule has 0 atom stereocenters. The molecule has 2 saturated heterocycles. The smallest absolute Gasteiger partial charge is 0.227 e. The number of aryl methyl sites for hydroxylation is 1. The summed E-state index contributed by atoms with van der Waals surface area (Å²) in [5.74, 6) is 0.334. The van der Waals surface area contributed by atoms with Gasteiger partial charge in [0.1, 0.15) is 0 Å². The number of hydrogen-bond acceptors (Lipinski definition) is 5. The Balaban J connectivity index is 1.26. The molecule has 0 unspecified atom stereocenters. The minimum atomic E-state index is -3.06. The van der Waals surface area contributed by atoms with E-state index < -0.39 is 10.0 Å². The molecule has 1 aromatic heterocycles. The number of carbonyl (C=O) groups is 1. The van der Waals surface area contributed by atoms with Crippen molar-refractivity contribution in [1.29, 1.82) is 0 Å². The van der Waals surface area contributed by atoms with Gasteiger partial charge >= 0.3 is 0 Å². The Morgan fingerprint density at radius 3 is 2.67 bits per heavy atom. The summed E-state index contributed by atoms with van der Waals surface area (Å²) in [6, 6.07) is 6.22. The first-order valence-corrected chi connectivity index (χ1v) is 12.0. The van der Waals surface area contributed by atoms with Crippen molar-refractivity contribution < 1.29 is 13.2 Å². The van der Waals surface area contributed by atoms with Gasteiger partial charge in [0.2, 0.25) is 15.9 Å². The van der Waals surface area contributed by atoms with Crippen LogP contribution in [0.25, 0.3) is 11.3 Å². The van der Waals surface area contributed by atoms with E-state index in [9.17, 15) is 13.2 Å². The molecule has 2 fully saturated rings. The van der Waals surface area contributed by atoms with Gasteiger partial charge in [-0.1, -0.05) is 6.07 Å². The first-order valence-electron chi connectivity index (χ1n) is 10.4. The molecule has 3 aliphatic rings. The zero-order chi connectivity index (χ0) is 21.1. The van der Waals surface area contributed by atoms with Gasteiger partial charge in [0.25, 0.3) is 0 Å². The number of amides is 1. The number of nitrogens with zero attached hydrogens (tertiary/aromatic N) is 4. The molecule has 2 aromatic rings. The molecule has 0 radical (unpaired) electrons. The highest BCUT2D eigenvalue weighted by Gasteiger charge is 2.54. The molecule has 1 aromatic carbocycles. The lowest BCUT2D eigenvalue weighted by molar-refractivity contribution is -0.118. The first kappa shape index (κ1) is 19.7. The number of carbonyl (C=O) groups excluding carboxylic acids is 1. The summed E-state index contributed by atoms with van der Waals surface area (Å²) >= 11 is 0. The van der Waals surface area contributed by atoms with E-state index in [2.05, 4.69) is 21.2 Å². The number of fused-ring (bicyclic) bond motifs is 1. The van der Waals surface area contributed by atoms with Gasteiger partial charge in [-0.05, 0) is 31.0 Å². The first-order chi connectivity index (χ1) is 14.3. The highest BCUT2D eigenvalue weighted by atomic mass is 32.2. The summed E-state index contributed by atoms with van der Waals surface area (Å²) in [5, 5.41) is 7.41. The molecular formula is C21H27N5O3S. The van der Waals surface area contributed by atoms with Crippen LogP contribution in [0.3, 0.4) is 0 Å². The van der Waals surface area contributed by atoms with Crippen molar-refractivity contribution in [2.75, 3.05) is 43.9 Å². The zero-order valence-electron chi connectivity index (χ0n) is 17.4. The Morgan fingerprint density at radius 1 is 1.17 bits per heavy atom. The Bertz CT molecular complexity index is 1100. The summed E-state index contributed by atoms with van der Waals surface area (Å²) in [6.45, 7) is 5.63. The predicted octanol–water partition coefficient (Wildman–Crippen LogP) is 1.45. The van der Waals surface area contributed by atoms with Crippen molar-refractivity contribution in [3.8, 4) is 11.3 Å². The summed E-state index contributed by atoms with van der Waals surface area (Å²) < 4.78 is 25.5. The Hall–Kier alpha value is -2.23. The number of hydrogen-bond donors (Lipinski definition) is 1. The highest BCUT2D eigenvalue weighted by molar-refractivity contribution is 7.89. The summed E-state index contributed by atoms with van der Waals surface area (Å²) in [7, 11) is -1.23. The molecule has 1 amide bonds. The fraction of sp³-hybridized carbons (Fsp3) is 0.524. The predicted molar refractivity (Wildman–Crippen MR) is 114 cm³/mol. The van der Waals surface area contributed by atoms with Gasteiger partial charge < -0.3 is 4.90 Å². The van der Waals surface area contributed by atoms with Crippen LogP contribution in [0.1, 0.15) is 24.5 Å². The molecule has 4 heterocycles. The van der Waals surface area contributed by atoms with Gasteiger partial charge in [0.05, 0.1) is 17.6 Å². The van der Waals surface area contributed by atoms with Crippen LogP contribution in [0.15, 0.2) is 24.4 Å². The maximum atomic E-state index is 12.0. The standard InChI is InChI=1S/C21H27N5O3S/c1-3-30(28,29)26-13-21(14-26)11-25(12-21)10-17-9-22-23-20(17)16-4-6-18-15(8-16)5-7-19(27)24(18)2/h4,6,8-9H,3,5,7,10-14H2,1-2H3,(H,22,23). The molecule has 9 heteroatoms. The lowest BCUT2D eigenvalue weighted by Gasteiger charge is -2.59. The van der Waals surface area contributed by atoms with Gasteiger partial charge in [0.15, 0.2) is 0 Å². The number of likely N-dealkylation sites (tertiary alicyclic amines) is 1. The molecule has 5 rings (SSSR count). The van der Waals surface area contributed by atoms with Crippen LogP contribution in [-0.2, 0) is 27.8 Å². The quantitative estimate of drug-likeness (QED) is 0.777. The highest BCUT2D eigenvalue weighted by Crippen LogP contribution is 2.42. The lowest BCUT2D eigenvalue weighted by atomic mass is 9.74. The van der Waals surface area contributed by atoms with Crippen LogP contribution in [0.4, 0.5) is 5.69 Å². The molecule has 3 aliphatic heterocycles. The van der Waals surface area contributed by atoms with Crippen molar-refractivity contribution >= 4 is 21.6 Å². The van der Waals surface area contributed by atoms with E-state index in [0.29, 0.717) is 19.5 Å². The number of H-pyrrole nitrogens is 1. The number of rotatable bonds is 5. The molecule has 0 aliphatic carbocycles. The maximum absolute atomic E-state index is 12.0. The van der Waals surface area contributed by atoms with Gasteiger partial charge in [-0.2, -0.15) is 5.10 Å². The van der Waals surface area contributed by atoms with Gasteiger partial charge in [0, 0.05) is 68.4 Å². The van der Waals surface area contributed by atoms with E-state index in [1.165, 1.54) is 5.56 Å². The molecule has 1 spiro atoms. The maximum Gasteiger partial charge on any atom is 0.227 e. The number of anilines is 1. The average Bonchev–Trinajstić information content (AvgIpc) is 3.13. The van der Waals surface area contributed by atoms with Crippen LogP contribution in [0.5, 0.6) is 0 Å². The minimum absolute atomic E-state index is 0.134. The Morgan fingerprint density at radius 2 is 1.93 bits per heavy atom.